The van der Waals surface area contributed by atoms with Crippen LogP contribution in [0.1, 0.15) is 48.5 Å². The monoisotopic (exact) mass is 389 g/mol. The second kappa shape index (κ2) is 5.76. The molecule has 2 aliphatic carbocycles. The molecule has 3 N–H and O–H groups in total. The molecule has 3 aliphatic rings. The first-order chi connectivity index (χ1) is 13.3. The molecule has 2 aromatic rings. The van der Waals surface area contributed by atoms with Gasteiger partial charge in [-0.3, -0.25) is 4.79 Å². The summed E-state index contributed by atoms with van der Waals surface area (Å²) in [6.45, 7) is 1.02. The molecule has 2 atom stereocenters. The Balaban J connectivity index is 1.72. The fraction of sp³-hybridized carbons (Fsp3) is 0.500. The number of halogens is 2. The minimum Gasteiger partial charge on any atom is -0.477 e. The lowest BCUT2D eigenvalue weighted by Gasteiger charge is -2.35. The van der Waals surface area contributed by atoms with Gasteiger partial charge in [0.05, 0.1) is 10.9 Å². The van der Waals surface area contributed by atoms with Gasteiger partial charge in [-0.1, -0.05) is 0 Å². The van der Waals surface area contributed by atoms with Gasteiger partial charge in [-0.05, 0) is 38.2 Å². The van der Waals surface area contributed by atoms with E-state index in [9.17, 15) is 19.1 Å². The van der Waals surface area contributed by atoms with Gasteiger partial charge in [0.15, 0.2) is 5.82 Å². The highest BCUT2D eigenvalue weighted by Gasteiger charge is 2.54. The fourth-order valence-corrected chi connectivity index (χ4v) is 4.71. The first-order valence-corrected chi connectivity index (χ1v) is 9.63. The van der Waals surface area contributed by atoms with Crippen molar-refractivity contribution in [2.24, 2.45) is 11.1 Å². The second-order valence-corrected chi connectivity index (χ2v) is 8.43. The number of carbonyl (C=O) groups is 1. The number of carboxylic acids is 1. The quantitative estimate of drug-likeness (QED) is 0.843. The van der Waals surface area contributed by atoms with Gasteiger partial charge in [-0.15, -0.1) is 0 Å². The van der Waals surface area contributed by atoms with Crippen molar-refractivity contribution in [3.05, 3.63) is 39.7 Å². The molecule has 3 fully saturated rings. The Kier molecular flexibility index (Phi) is 3.62. The minimum absolute atomic E-state index is 0.00591. The standard InChI is InChI=1S/C20H21F2N3O3/c21-13-6-11-16(25(10-2-3-10)8-12(18(11)26)19(27)28)15(22)17(13)24-5-1-4-20(9-24)7-14(20)23/h6,8,10,14H,1-5,7,9,23H2,(H,27,28)/t14-,20+/m0/s1. The number of aromatic nitrogens is 1. The van der Waals surface area contributed by atoms with Gasteiger partial charge < -0.3 is 20.3 Å². The topological polar surface area (TPSA) is 88.6 Å². The lowest BCUT2D eigenvalue weighted by Crippen LogP contribution is -2.40. The number of nitrogens with zero attached hydrogens (tertiary/aromatic N) is 2. The van der Waals surface area contributed by atoms with Crippen molar-refractivity contribution in [1.82, 2.24) is 4.57 Å². The smallest absolute Gasteiger partial charge is 0.341 e. The number of carboxylic acid groups (broad SMARTS) is 1. The second-order valence-electron chi connectivity index (χ2n) is 8.43. The third-order valence-electron chi connectivity index (χ3n) is 6.53. The summed E-state index contributed by atoms with van der Waals surface area (Å²) in [4.78, 5) is 25.7. The molecule has 2 heterocycles. The number of piperidine rings is 1. The molecule has 0 bridgehead atoms. The van der Waals surface area contributed by atoms with Crippen molar-refractivity contribution < 1.29 is 18.7 Å². The van der Waals surface area contributed by atoms with E-state index in [-0.39, 0.29) is 34.1 Å². The molecule has 0 radical (unpaired) electrons. The van der Waals surface area contributed by atoms with E-state index < -0.39 is 28.6 Å². The van der Waals surface area contributed by atoms with Gasteiger partial charge in [0.1, 0.15) is 17.1 Å². The third-order valence-corrected chi connectivity index (χ3v) is 6.53. The van der Waals surface area contributed by atoms with Crippen molar-refractivity contribution in [1.29, 1.82) is 0 Å². The highest BCUT2D eigenvalue weighted by Crippen LogP contribution is 2.52. The zero-order chi connectivity index (χ0) is 19.8. The molecule has 0 unspecified atom stereocenters. The summed E-state index contributed by atoms with van der Waals surface area (Å²) in [5, 5.41) is 9.10. The molecular weight excluding hydrogens is 368 g/mol. The van der Waals surface area contributed by atoms with Crippen LogP contribution in [0.5, 0.6) is 0 Å². The summed E-state index contributed by atoms with van der Waals surface area (Å²) in [6, 6.07) is 0.985. The van der Waals surface area contributed by atoms with Gasteiger partial charge in [-0.2, -0.15) is 0 Å². The number of pyridine rings is 1. The highest BCUT2D eigenvalue weighted by molar-refractivity contribution is 5.94. The molecule has 28 heavy (non-hydrogen) atoms. The predicted molar refractivity (Wildman–Crippen MR) is 99.8 cm³/mol. The molecule has 1 spiro atoms. The summed E-state index contributed by atoms with van der Waals surface area (Å²) in [6.07, 6.45) is 5.35. The largest absolute Gasteiger partial charge is 0.477 e. The molecule has 0 amide bonds. The van der Waals surface area contributed by atoms with Crippen LogP contribution < -0.4 is 16.1 Å². The predicted octanol–water partition coefficient (Wildman–Crippen LogP) is 2.63. The molecular formula is C20H21F2N3O3. The molecule has 1 aliphatic heterocycles. The number of fused-ring (bicyclic) bond motifs is 1. The Morgan fingerprint density at radius 1 is 1.32 bits per heavy atom. The normalized spacial score (nSPS) is 26.8. The Hall–Kier alpha value is -2.48. The number of anilines is 1. The maximum Gasteiger partial charge on any atom is 0.341 e. The number of nitrogens with two attached hydrogens (primary N) is 1. The molecule has 8 heteroatoms. The van der Waals surface area contributed by atoms with E-state index in [1.807, 2.05) is 0 Å². The van der Waals surface area contributed by atoms with Crippen molar-refractivity contribution in [3.63, 3.8) is 0 Å². The fourth-order valence-electron chi connectivity index (χ4n) is 4.71. The molecule has 148 valence electrons. The van der Waals surface area contributed by atoms with Crippen molar-refractivity contribution in [2.75, 3.05) is 18.0 Å². The van der Waals surface area contributed by atoms with Gasteiger partial charge in [0.25, 0.3) is 0 Å². The van der Waals surface area contributed by atoms with Crippen LogP contribution >= 0.6 is 0 Å². The Labute approximate surface area is 159 Å². The van der Waals surface area contributed by atoms with Crippen LogP contribution in [0.3, 0.4) is 0 Å². The summed E-state index contributed by atoms with van der Waals surface area (Å²) in [5.41, 5.74) is 4.52. The zero-order valence-corrected chi connectivity index (χ0v) is 15.3. The number of rotatable bonds is 3. The molecule has 6 nitrogen and oxygen atoms in total. The SMILES string of the molecule is N[C@H]1C[C@@]12CCCN(c1c(F)cc3c(=O)c(C(=O)O)cn(C4CC4)c3c1F)C2. The highest BCUT2D eigenvalue weighted by atomic mass is 19.1. The summed E-state index contributed by atoms with van der Waals surface area (Å²) in [7, 11) is 0. The van der Waals surface area contributed by atoms with Crippen molar-refractivity contribution >= 4 is 22.6 Å². The van der Waals surface area contributed by atoms with E-state index in [0.717, 1.165) is 38.2 Å². The number of hydrogen-bond acceptors (Lipinski definition) is 4. The zero-order valence-electron chi connectivity index (χ0n) is 15.3. The van der Waals surface area contributed by atoms with E-state index in [4.69, 9.17) is 5.73 Å². The number of hydrogen-bond donors (Lipinski definition) is 2. The van der Waals surface area contributed by atoms with Crippen LogP contribution in [0.25, 0.3) is 10.9 Å². The lowest BCUT2D eigenvalue weighted by atomic mass is 9.93. The molecule has 1 saturated heterocycles. The summed E-state index contributed by atoms with van der Waals surface area (Å²) in [5.74, 6) is -3.02. The maximum absolute atomic E-state index is 15.6. The third kappa shape index (κ3) is 2.47. The average molecular weight is 389 g/mol. The molecule has 5 rings (SSSR count). The Morgan fingerprint density at radius 2 is 2.04 bits per heavy atom. The van der Waals surface area contributed by atoms with Crippen LogP contribution in [0, 0.1) is 17.0 Å². The van der Waals surface area contributed by atoms with E-state index in [2.05, 4.69) is 0 Å². The van der Waals surface area contributed by atoms with Gasteiger partial charge >= 0.3 is 5.97 Å². The minimum atomic E-state index is -1.40. The number of benzene rings is 1. The van der Waals surface area contributed by atoms with Crippen LogP contribution in [0.15, 0.2) is 17.1 Å². The molecule has 1 aromatic carbocycles. The van der Waals surface area contributed by atoms with E-state index in [1.165, 1.54) is 10.8 Å². The van der Waals surface area contributed by atoms with E-state index in [1.54, 1.807) is 4.90 Å². The Morgan fingerprint density at radius 3 is 2.64 bits per heavy atom. The van der Waals surface area contributed by atoms with Gasteiger partial charge in [0, 0.05) is 36.8 Å². The van der Waals surface area contributed by atoms with Crippen LogP contribution in [0.2, 0.25) is 0 Å². The molecule has 2 saturated carbocycles. The molecule has 1 aromatic heterocycles. The van der Waals surface area contributed by atoms with Crippen LogP contribution in [0.4, 0.5) is 14.5 Å². The van der Waals surface area contributed by atoms with Gasteiger partial charge in [-0.25, -0.2) is 13.6 Å². The first kappa shape index (κ1) is 17.6. The van der Waals surface area contributed by atoms with Crippen molar-refractivity contribution in [2.45, 2.75) is 44.2 Å². The maximum atomic E-state index is 15.6. The van der Waals surface area contributed by atoms with E-state index >= 15 is 4.39 Å². The first-order valence-electron chi connectivity index (χ1n) is 9.63. The van der Waals surface area contributed by atoms with Gasteiger partial charge in [0.2, 0.25) is 5.43 Å². The van der Waals surface area contributed by atoms with E-state index in [0.29, 0.717) is 13.1 Å². The Bertz CT molecular complexity index is 1080. The summed E-state index contributed by atoms with van der Waals surface area (Å²) < 4.78 is 32.1. The lowest BCUT2D eigenvalue weighted by molar-refractivity contribution is 0.0695. The average Bonchev–Trinajstić information content (AvgIpc) is 3.55. The number of aromatic carboxylic acids is 1. The van der Waals surface area contributed by atoms with Crippen LogP contribution in [-0.2, 0) is 0 Å². The van der Waals surface area contributed by atoms with Crippen LogP contribution in [-0.4, -0.2) is 34.8 Å². The summed E-state index contributed by atoms with van der Waals surface area (Å²) >= 11 is 0. The van der Waals surface area contributed by atoms with Crippen molar-refractivity contribution in [3.8, 4) is 0 Å².